The largest absolute Gasteiger partial charge is 0.381 e. The van der Waals surface area contributed by atoms with Gasteiger partial charge < -0.3 is 15.0 Å². The average Bonchev–Trinajstić information content (AvgIpc) is 3.55. The van der Waals surface area contributed by atoms with E-state index in [1.165, 1.54) is 11.1 Å². The Labute approximate surface area is 205 Å². The fraction of sp³-hybridized carbons (Fsp3) is 0.333. The van der Waals surface area contributed by atoms with E-state index >= 15 is 0 Å². The van der Waals surface area contributed by atoms with Gasteiger partial charge in [0.15, 0.2) is 0 Å². The molecule has 8 heteroatoms. The molecule has 1 fully saturated rings. The van der Waals surface area contributed by atoms with Crippen LogP contribution in [0.25, 0.3) is 22.5 Å². The number of aromatic nitrogens is 5. The van der Waals surface area contributed by atoms with Gasteiger partial charge >= 0.3 is 0 Å². The summed E-state index contributed by atoms with van der Waals surface area (Å²) in [5, 5.41) is 8.33. The summed E-state index contributed by atoms with van der Waals surface area (Å²) in [5.41, 5.74) is 7.43. The number of ether oxygens (including phenoxy) is 1. The SMILES string of the molecule is CN1CCc2cc(Nc3nccc(-c4cn(CC5CCOC5)nc4-c4cccnc4)n3)ccc2C1. The number of anilines is 2. The lowest BCUT2D eigenvalue weighted by molar-refractivity contribution is 0.181. The van der Waals surface area contributed by atoms with E-state index < -0.39 is 0 Å². The summed E-state index contributed by atoms with van der Waals surface area (Å²) in [7, 11) is 2.16. The predicted molar refractivity (Wildman–Crippen MR) is 135 cm³/mol. The molecule has 0 aliphatic carbocycles. The fourth-order valence-electron chi connectivity index (χ4n) is 4.88. The first-order valence-corrected chi connectivity index (χ1v) is 12.2. The third-order valence-corrected chi connectivity index (χ3v) is 6.76. The van der Waals surface area contributed by atoms with Gasteiger partial charge in [0.1, 0.15) is 5.69 Å². The molecule has 6 rings (SSSR count). The monoisotopic (exact) mass is 467 g/mol. The molecule has 1 aromatic carbocycles. The Kier molecular flexibility index (Phi) is 5.98. The van der Waals surface area contributed by atoms with Crippen LogP contribution in [0.15, 0.2) is 61.2 Å². The first-order valence-electron chi connectivity index (χ1n) is 12.2. The Morgan fingerprint density at radius 3 is 2.97 bits per heavy atom. The number of rotatable bonds is 6. The molecule has 1 unspecified atom stereocenters. The minimum absolute atomic E-state index is 0.482. The normalized spacial score (nSPS) is 17.9. The molecule has 0 amide bonds. The second kappa shape index (κ2) is 9.56. The zero-order valence-electron chi connectivity index (χ0n) is 19.9. The van der Waals surface area contributed by atoms with Crippen LogP contribution in [0, 0.1) is 5.92 Å². The fourth-order valence-corrected chi connectivity index (χ4v) is 4.88. The van der Waals surface area contributed by atoms with Gasteiger partial charge in [0.05, 0.1) is 12.3 Å². The Balaban J connectivity index is 1.30. The first-order chi connectivity index (χ1) is 17.2. The Morgan fingerprint density at radius 2 is 2.11 bits per heavy atom. The van der Waals surface area contributed by atoms with Gasteiger partial charge in [0, 0.05) is 73.8 Å². The van der Waals surface area contributed by atoms with Crippen LogP contribution in [0.5, 0.6) is 0 Å². The second-order valence-corrected chi connectivity index (χ2v) is 9.45. The standard InChI is InChI=1S/C27H29N7O/c1-33-11-7-20-13-23(5-4-22(20)16-33)30-27-29-10-6-25(31-27)24-17-34(15-19-8-12-35-18-19)32-26(24)21-3-2-9-28-14-21/h2-6,9-10,13-14,17,19H,7-8,11-12,15-16,18H2,1H3,(H,29,30,31). The maximum Gasteiger partial charge on any atom is 0.227 e. The number of likely N-dealkylation sites (N-methyl/N-ethyl adjacent to an activating group) is 1. The molecule has 5 heterocycles. The van der Waals surface area contributed by atoms with Gasteiger partial charge in [-0.05, 0) is 61.3 Å². The van der Waals surface area contributed by atoms with E-state index in [0.717, 1.165) is 73.9 Å². The molecule has 3 aromatic heterocycles. The zero-order valence-corrected chi connectivity index (χ0v) is 19.9. The second-order valence-electron chi connectivity index (χ2n) is 9.45. The summed E-state index contributed by atoms with van der Waals surface area (Å²) in [4.78, 5) is 16.0. The number of pyridine rings is 1. The Bertz CT molecular complexity index is 1310. The third-order valence-electron chi connectivity index (χ3n) is 6.76. The van der Waals surface area contributed by atoms with Gasteiger partial charge in [-0.3, -0.25) is 9.67 Å². The van der Waals surface area contributed by atoms with Gasteiger partial charge in [-0.2, -0.15) is 5.10 Å². The van der Waals surface area contributed by atoms with E-state index in [1.54, 1.807) is 12.4 Å². The molecule has 0 saturated carbocycles. The highest BCUT2D eigenvalue weighted by Gasteiger charge is 2.20. The summed E-state index contributed by atoms with van der Waals surface area (Å²) < 4.78 is 7.59. The number of benzene rings is 1. The van der Waals surface area contributed by atoms with Crippen molar-refractivity contribution in [2.24, 2.45) is 5.92 Å². The van der Waals surface area contributed by atoms with Crippen molar-refractivity contribution >= 4 is 11.6 Å². The van der Waals surface area contributed by atoms with Crippen molar-refractivity contribution in [1.29, 1.82) is 0 Å². The summed E-state index contributed by atoms with van der Waals surface area (Å²) in [6.45, 7) is 4.52. The van der Waals surface area contributed by atoms with Crippen LogP contribution in [-0.4, -0.2) is 56.4 Å². The number of fused-ring (bicyclic) bond motifs is 1. The van der Waals surface area contributed by atoms with Gasteiger partial charge in [0.25, 0.3) is 0 Å². The highest BCUT2D eigenvalue weighted by molar-refractivity contribution is 5.78. The number of nitrogens with zero attached hydrogens (tertiary/aromatic N) is 6. The number of hydrogen-bond acceptors (Lipinski definition) is 7. The highest BCUT2D eigenvalue weighted by atomic mass is 16.5. The van der Waals surface area contributed by atoms with E-state index in [0.29, 0.717) is 11.9 Å². The molecule has 4 aromatic rings. The molecular formula is C27H29N7O. The quantitative estimate of drug-likeness (QED) is 0.456. The van der Waals surface area contributed by atoms with Crippen LogP contribution < -0.4 is 5.32 Å². The molecule has 0 radical (unpaired) electrons. The van der Waals surface area contributed by atoms with Gasteiger partial charge in [-0.15, -0.1) is 0 Å². The molecule has 0 spiro atoms. The lowest BCUT2D eigenvalue weighted by Crippen LogP contribution is -2.26. The van der Waals surface area contributed by atoms with Gasteiger partial charge in [0.2, 0.25) is 5.95 Å². The van der Waals surface area contributed by atoms with Crippen molar-refractivity contribution in [3.63, 3.8) is 0 Å². The van der Waals surface area contributed by atoms with Gasteiger partial charge in [-0.25, -0.2) is 9.97 Å². The maximum absolute atomic E-state index is 5.57. The lowest BCUT2D eigenvalue weighted by atomic mass is 9.99. The van der Waals surface area contributed by atoms with Crippen molar-refractivity contribution in [2.75, 3.05) is 32.1 Å². The minimum Gasteiger partial charge on any atom is -0.381 e. The minimum atomic E-state index is 0.482. The van der Waals surface area contributed by atoms with Crippen LogP contribution in [-0.2, 0) is 24.2 Å². The average molecular weight is 468 g/mol. The van der Waals surface area contributed by atoms with E-state index in [-0.39, 0.29) is 0 Å². The van der Waals surface area contributed by atoms with Crippen LogP contribution in [0.2, 0.25) is 0 Å². The lowest BCUT2D eigenvalue weighted by Gasteiger charge is -2.25. The molecule has 1 atom stereocenters. The molecular weight excluding hydrogens is 438 g/mol. The molecule has 178 valence electrons. The van der Waals surface area contributed by atoms with Crippen molar-refractivity contribution in [1.82, 2.24) is 29.6 Å². The Hall–Kier alpha value is -3.62. The first kappa shape index (κ1) is 21.9. The van der Waals surface area contributed by atoms with E-state index in [2.05, 4.69) is 51.6 Å². The Morgan fingerprint density at radius 1 is 1.14 bits per heavy atom. The van der Waals surface area contributed by atoms with Gasteiger partial charge in [-0.1, -0.05) is 6.07 Å². The number of nitrogens with one attached hydrogen (secondary N) is 1. The van der Waals surface area contributed by atoms with Crippen LogP contribution in [0.4, 0.5) is 11.6 Å². The van der Waals surface area contributed by atoms with Crippen molar-refractivity contribution < 1.29 is 4.74 Å². The smallest absolute Gasteiger partial charge is 0.227 e. The summed E-state index contributed by atoms with van der Waals surface area (Å²) >= 11 is 0. The van der Waals surface area contributed by atoms with Crippen LogP contribution in [0.1, 0.15) is 17.5 Å². The topological polar surface area (TPSA) is 81.0 Å². The zero-order chi connectivity index (χ0) is 23.6. The predicted octanol–water partition coefficient (Wildman–Crippen LogP) is 4.17. The van der Waals surface area contributed by atoms with Crippen molar-refractivity contribution in [3.8, 4) is 22.5 Å². The van der Waals surface area contributed by atoms with Crippen LogP contribution in [0.3, 0.4) is 0 Å². The van der Waals surface area contributed by atoms with Crippen LogP contribution >= 0.6 is 0 Å². The molecule has 1 N–H and O–H groups in total. The van der Waals surface area contributed by atoms with Crippen molar-refractivity contribution in [2.45, 2.75) is 25.9 Å². The number of hydrogen-bond donors (Lipinski definition) is 1. The summed E-state index contributed by atoms with van der Waals surface area (Å²) in [6.07, 6.45) is 9.63. The maximum atomic E-state index is 5.57. The summed E-state index contributed by atoms with van der Waals surface area (Å²) in [6, 6.07) is 12.4. The van der Waals surface area contributed by atoms with E-state index in [9.17, 15) is 0 Å². The molecule has 8 nitrogen and oxygen atoms in total. The van der Waals surface area contributed by atoms with E-state index in [1.807, 2.05) is 29.1 Å². The van der Waals surface area contributed by atoms with Crippen molar-refractivity contribution in [3.05, 3.63) is 72.3 Å². The highest BCUT2D eigenvalue weighted by Crippen LogP contribution is 2.31. The molecule has 35 heavy (non-hydrogen) atoms. The molecule has 2 aliphatic heterocycles. The molecule has 1 saturated heterocycles. The third kappa shape index (κ3) is 4.80. The molecule has 0 bridgehead atoms. The molecule has 2 aliphatic rings. The van der Waals surface area contributed by atoms with E-state index in [4.69, 9.17) is 14.8 Å². The summed E-state index contributed by atoms with van der Waals surface area (Å²) in [5.74, 6) is 1.06.